The molecule has 8 heteroatoms. The lowest BCUT2D eigenvalue weighted by molar-refractivity contribution is -0.248. The summed E-state index contributed by atoms with van der Waals surface area (Å²) in [7, 11) is 1.31. The molecule has 0 saturated carbocycles. The minimum absolute atomic E-state index is 0.150. The van der Waals surface area contributed by atoms with Crippen LogP contribution in [0.5, 0.6) is 0 Å². The molecule has 0 spiro atoms. The van der Waals surface area contributed by atoms with Gasteiger partial charge in [0.25, 0.3) is 0 Å². The summed E-state index contributed by atoms with van der Waals surface area (Å²) in [5.41, 5.74) is 1.61. The SMILES string of the molecule is CO[C@@]1(OC(=O)c2ccc(C(=O)c3ccccc3)cc2)C(=O)N2C(C(=O)C(C)(C)C)=C(C)CS[C@H]21. The van der Waals surface area contributed by atoms with Gasteiger partial charge >= 0.3 is 17.7 Å². The first-order valence-corrected chi connectivity index (χ1v) is 12.2. The highest BCUT2D eigenvalue weighted by atomic mass is 32.2. The minimum atomic E-state index is -1.83. The average Bonchev–Trinajstić information content (AvgIpc) is 2.86. The number of hydrogen-bond acceptors (Lipinski definition) is 7. The third-order valence-electron chi connectivity index (χ3n) is 6.04. The first-order valence-electron chi connectivity index (χ1n) is 11.2. The molecule has 0 radical (unpaired) electrons. The van der Waals surface area contributed by atoms with Gasteiger partial charge in [0.1, 0.15) is 0 Å². The number of benzene rings is 2. The van der Waals surface area contributed by atoms with Crippen LogP contribution < -0.4 is 0 Å². The highest BCUT2D eigenvalue weighted by Crippen LogP contribution is 2.49. The first kappa shape index (κ1) is 24.9. The molecule has 2 aliphatic heterocycles. The van der Waals surface area contributed by atoms with Crippen LogP contribution >= 0.6 is 11.8 Å². The third-order valence-corrected chi connectivity index (χ3v) is 7.48. The second-order valence-electron chi connectivity index (χ2n) is 9.58. The maximum absolute atomic E-state index is 13.3. The molecule has 0 unspecified atom stereocenters. The molecule has 0 N–H and O–H groups in total. The van der Waals surface area contributed by atoms with Gasteiger partial charge in [-0.3, -0.25) is 19.3 Å². The number of fused-ring (bicyclic) bond motifs is 1. The summed E-state index contributed by atoms with van der Waals surface area (Å²) < 4.78 is 11.1. The normalized spacial score (nSPS) is 21.8. The van der Waals surface area contributed by atoms with Gasteiger partial charge in [-0.2, -0.15) is 0 Å². The highest BCUT2D eigenvalue weighted by Gasteiger charge is 2.68. The molecule has 2 aliphatic rings. The van der Waals surface area contributed by atoms with Crippen molar-refractivity contribution in [3.63, 3.8) is 0 Å². The van der Waals surface area contributed by atoms with E-state index in [0.29, 0.717) is 22.6 Å². The number of ether oxygens (including phenoxy) is 2. The molecule has 1 fully saturated rings. The summed E-state index contributed by atoms with van der Waals surface area (Å²) in [6.45, 7) is 7.22. The summed E-state index contributed by atoms with van der Waals surface area (Å²) in [6.07, 6.45) is 0. The quantitative estimate of drug-likeness (QED) is 0.258. The van der Waals surface area contributed by atoms with E-state index in [1.807, 2.05) is 13.0 Å². The maximum Gasteiger partial charge on any atom is 0.341 e. The fraction of sp³-hybridized carbons (Fsp3) is 0.333. The van der Waals surface area contributed by atoms with Crippen molar-refractivity contribution >= 4 is 35.2 Å². The van der Waals surface area contributed by atoms with Crippen molar-refractivity contribution in [3.05, 3.63) is 82.6 Å². The minimum Gasteiger partial charge on any atom is -0.416 e. The smallest absolute Gasteiger partial charge is 0.341 e. The van der Waals surface area contributed by atoms with Gasteiger partial charge in [0.05, 0.1) is 11.3 Å². The summed E-state index contributed by atoms with van der Waals surface area (Å²) in [4.78, 5) is 53.3. The second-order valence-corrected chi connectivity index (χ2v) is 10.6. The number of β-lactam (4-membered cyclic amide) rings is 1. The summed E-state index contributed by atoms with van der Waals surface area (Å²) in [6, 6.07) is 14.9. The number of carbonyl (C=O) groups is 4. The first-order chi connectivity index (χ1) is 16.5. The Kier molecular flexibility index (Phi) is 6.46. The average molecular weight is 494 g/mol. The fourth-order valence-electron chi connectivity index (χ4n) is 4.06. The number of esters is 1. The van der Waals surface area contributed by atoms with Gasteiger partial charge in [-0.15, -0.1) is 11.8 Å². The maximum atomic E-state index is 13.3. The Morgan fingerprint density at radius 1 is 0.971 bits per heavy atom. The molecule has 2 aromatic carbocycles. The second kappa shape index (κ2) is 9.09. The molecule has 0 bridgehead atoms. The van der Waals surface area contributed by atoms with Gasteiger partial charge < -0.3 is 9.47 Å². The Hall–Kier alpha value is -3.23. The molecular weight excluding hydrogens is 466 g/mol. The lowest BCUT2D eigenvalue weighted by Gasteiger charge is -2.55. The number of allylic oxidation sites excluding steroid dienone is 1. The van der Waals surface area contributed by atoms with Crippen molar-refractivity contribution in [2.45, 2.75) is 38.9 Å². The summed E-state index contributed by atoms with van der Waals surface area (Å²) in [5, 5.41) is -0.673. The fourth-order valence-corrected chi connectivity index (χ4v) is 5.42. The van der Waals surface area contributed by atoms with Crippen LogP contribution in [0.4, 0.5) is 0 Å². The Balaban J connectivity index is 1.54. The summed E-state index contributed by atoms with van der Waals surface area (Å²) in [5.74, 6) is -2.99. The van der Waals surface area contributed by atoms with Crippen molar-refractivity contribution in [3.8, 4) is 0 Å². The van der Waals surface area contributed by atoms with Gasteiger partial charge in [-0.05, 0) is 24.6 Å². The third kappa shape index (κ3) is 4.21. The van der Waals surface area contributed by atoms with Crippen LogP contribution in [0.25, 0.3) is 0 Å². The molecule has 7 nitrogen and oxygen atoms in total. The predicted octanol–water partition coefficient (Wildman–Crippen LogP) is 4.22. The largest absolute Gasteiger partial charge is 0.416 e. The van der Waals surface area contributed by atoms with Crippen molar-refractivity contribution < 1.29 is 28.7 Å². The Morgan fingerprint density at radius 2 is 1.54 bits per heavy atom. The topological polar surface area (TPSA) is 90.0 Å². The standard InChI is InChI=1S/C27H27NO6S/c1-16-15-35-25-27(33-5,24(32)28(25)20(16)22(30)26(2,3)4)34-23(31)19-13-11-18(12-14-19)21(29)17-9-7-6-8-10-17/h6-14,25H,15H2,1-5H3/t25-,27+/m0/s1. The van der Waals surface area contributed by atoms with Crippen molar-refractivity contribution in [1.82, 2.24) is 4.90 Å². The van der Waals surface area contributed by atoms with Gasteiger partial charge in [-0.1, -0.05) is 63.2 Å². The molecule has 35 heavy (non-hydrogen) atoms. The molecule has 2 aromatic rings. The van der Waals surface area contributed by atoms with E-state index in [2.05, 4.69) is 0 Å². The van der Waals surface area contributed by atoms with Crippen molar-refractivity contribution in [1.29, 1.82) is 0 Å². The number of carbonyl (C=O) groups excluding carboxylic acids is 4. The van der Waals surface area contributed by atoms with Gasteiger partial charge in [0.2, 0.25) is 0 Å². The van der Waals surface area contributed by atoms with Crippen LogP contribution in [-0.2, 0) is 19.1 Å². The van der Waals surface area contributed by atoms with Crippen LogP contribution in [0, 0.1) is 5.41 Å². The van der Waals surface area contributed by atoms with Gasteiger partial charge in [0, 0.05) is 29.4 Å². The number of methoxy groups -OCH3 is 1. The molecule has 0 aliphatic carbocycles. The van der Waals surface area contributed by atoms with Crippen molar-refractivity contribution in [2.24, 2.45) is 5.41 Å². The highest BCUT2D eigenvalue weighted by molar-refractivity contribution is 8.00. The van der Waals surface area contributed by atoms with Crippen LogP contribution in [0.2, 0.25) is 0 Å². The van der Waals surface area contributed by atoms with Gasteiger partial charge in [0.15, 0.2) is 16.9 Å². The predicted molar refractivity (Wildman–Crippen MR) is 132 cm³/mol. The molecular formula is C27H27NO6S. The number of rotatable bonds is 6. The van der Waals surface area contributed by atoms with Gasteiger partial charge in [-0.25, -0.2) is 4.79 Å². The monoisotopic (exact) mass is 493 g/mol. The molecule has 182 valence electrons. The number of Topliss-reactive ketones (excluding diaryl/α,β-unsaturated/α-hetero) is 1. The van der Waals surface area contributed by atoms with Crippen LogP contribution in [-0.4, -0.2) is 52.4 Å². The number of amides is 1. The molecule has 1 saturated heterocycles. The number of nitrogens with zero attached hydrogens (tertiary/aromatic N) is 1. The lowest BCUT2D eigenvalue weighted by atomic mass is 9.85. The van der Waals surface area contributed by atoms with E-state index < -0.39 is 28.5 Å². The zero-order valence-electron chi connectivity index (χ0n) is 20.3. The molecule has 1 amide bonds. The molecule has 0 aromatic heterocycles. The van der Waals surface area contributed by atoms with E-state index in [-0.39, 0.29) is 17.1 Å². The number of ketones is 2. The van der Waals surface area contributed by atoms with E-state index >= 15 is 0 Å². The number of thioether (sulfide) groups is 1. The number of hydrogen-bond donors (Lipinski definition) is 0. The van der Waals surface area contributed by atoms with Crippen LogP contribution in [0.3, 0.4) is 0 Å². The zero-order chi connectivity index (χ0) is 25.5. The Morgan fingerprint density at radius 3 is 2.11 bits per heavy atom. The molecule has 4 rings (SSSR count). The summed E-state index contributed by atoms with van der Waals surface area (Å²) >= 11 is 1.38. The van der Waals surface area contributed by atoms with Crippen LogP contribution in [0.15, 0.2) is 65.9 Å². The molecule has 2 heterocycles. The van der Waals surface area contributed by atoms with E-state index in [9.17, 15) is 19.2 Å². The van der Waals surface area contributed by atoms with E-state index in [1.165, 1.54) is 35.9 Å². The lowest BCUT2D eigenvalue weighted by Crippen LogP contribution is -2.76. The van der Waals surface area contributed by atoms with E-state index in [1.54, 1.807) is 57.2 Å². The van der Waals surface area contributed by atoms with E-state index in [0.717, 1.165) is 5.57 Å². The van der Waals surface area contributed by atoms with Crippen LogP contribution in [0.1, 0.15) is 54.0 Å². The van der Waals surface area contributed by atoms with E-state index in [4.69, 9.17) is 9.47 Å². The Labute approximate surface area is 208 Å². The Bertz CT molecular complexity index is 1230. The zero-order valence-corrected chi connectivity index (χ0v) is 21.1. The molecule has 2 atom stereocenters. The van der Waals surface area contributed by atoms with Crippen molar-refractivity contribution in [2.75, 3.05) is 12.9 Å².